The molecule has 2 N–H and O–H groups in total. The minimum Gasteiger partial charge on any atom is -0.508 e. The molecular formula is C26H40N2O4S. The van der Waals surface area contributed by atoms with E-state index in [0.717, 1.165) is 25.7 Å². The van der Waals surface area contributed by atoms with E-state index >= 15 is 0 Å². The first-order chi connectivity index (χ1) is 15.4. The van der Waals surface area contributed by atoms with E-state index in [4.69, 9.17) is 0 Å². The molecule has 1 aromatic rings. The number of carbonyl (C=O) groups is 1. The Morgan fingerprint density at radius 1 is 1.12 bits per heavy atom. The van der Waals surface area contributed by atoms with Gasteiger partial charge in [-0.05, 0) is 66.0 Å². The van der Waals surface area contributed by atoms with E-state index in [2.05, 4.69) is 33.0 Å². The van der Waals surface area contributed by atoms with Crippen molar-refractivity contribution in [3.8, 4) is 5.75 Å². The molecule has 3 fully saturated rings. The van der Waals surface area contributed by atoms with Gasteiger partial charge in [0.1, 0.15) is 5.75 Å². The van der Waals surface area contributed by atoms with Crippen LogP contribution in [-0.2, 0) is 9.84 Å². The maximum absolute atomic E-state index is 13.7. The molecule has 184 valence electrons. The minimum absolute atomic E-state index is 0.0111. The van der Waals surface area contributed by atoms with Crippen molar-refractivity contribution in [1.29, 1.82) is 0 Å². The van der Waals surface area contributed by atoms with Gasteiger partial charge in [0.25, 0.3) is 5.91 Å². The first-order valence-corrected chi connectivity index (χ1v) is 14.2. The fourth-order valence-corrected chi connectivity index (χ4v) is 9.22. The van der Waals surface area contributed by atoms with Crippen LogP contribution in [0.5, 0.6) is 5.75 Å². The Kier molecular flexibility index (Phi) is 6.60. The third-order valence-corrected chi connectivity index (χ3v) is 10.8. The number of benzene rings is 1. The van der Waals surface area contributed by atoms with Crippen LogP contribution in [0.15, 0.2) is 23.1 Å². The van der Waals surface area contributed by atoms with Crippen molar-refractivity contribution in [3.63, 3.8) is 0 Å². The maximum Gasteiger partial charge on any atom is 0.254 e. The molecule has 4 unspecified atom stereocenters. The van der Waals surface area contributed by atoms with Gasteiger partial charge >= 0.3 is 0 Å². The molecule has 1 heterocycles. The molecule has 0 spiro atoms. The highest BCUT2D eigenvalue weighted by Gasteiger charge is 2.54. The summed E-state index contributed by atoms with van der Waals surface area (Å²) in [4.78, 5) is 14.7. The summed E-state index contributed by atoms with van der Waals surface area (Å²) in [7, 11) is -3.67. The average molecular weight is 477 g/mol. The lowest BCUT2D eigenvalue weighted by Crippen LogP contribution is -2.52. The van der Waals surface area contributed by atoms with Gasteiger partial charge in [-0.25, -0.2) is 8.42 Å². The number of phenols is 1. The molecule has 0 radical (unpaired) electrons. The lowest BCUT2D eigenvalue weighted by molar-refractivity contribution is -0.0855. The molecule has 4 atom stereocenters. The molecule has 1 saturated heterocycles. The van der Waals surface area contributed by atoms with Gasteiger partial charge in [0.05, 0.1) is 10.6 Å². The normalized spacial score (nSPS) is 32.2. The molecule has 3 aliphatic rings. The Balaban J connectivity index is 1.63. The van der Waals surface area contributed by atoms with Gasteiger partial charge in [-0.2, -0.15) is 0 Å². The number of carbonyl (C=O) groups excluding carboxylic acids is 1. The van der Waals surface area contributed by atoms with E-state index in [9.17, 15) is 18.3 Å². The fraction of sp³-hybridized carbons (Fsp3) is 0.731. The number of hydrogen-bond donors (Lipinski definition) is 2. The van der Waals surface area contributed by atoms with Crippen LogP contribution < -0.4 is 5.32 Å². The van der Waals surface area contributed by atoms with Crippen LogP contribution in [0.2, 0.25) is 0 Å². The van der Waals surface area contributed by atoms with Gasteiger partial charge in [0.2, 0.25) is 0 Å². The van der Waals surface area contributed by atoms with Gasteiger partial charge < -0.3 is 15.3 Å². The average Bonchev–Trinajstić information content (AvgIpc) is 2.75. The van der Waals surface area contributed by atoms with E-state index in [-0.39, 0.29) is 44.6 Å². The summed E-state index contributed by atoms with van der Waals surface area (Å²) in [5.41, 5.74) is 0.460. The van der Waals surface area contributed by atoms with Crippen LogP contribution in [0.25, 0.3) is 0 Å². The predicted molar refractivity (Wildman–Crippen MR) is 130 cm³/mol. The van der Waals surface area contributed by atoms with Crippen molar-refractivity contribution >= 4 is 15.7 Å². The monoisotopic (exact) mass is 476 g/mol. The summed E-state index contributed by atoms with van der Waals surface area (Å²) in [6, 6.07) is 4.16. The summed E-state index contributed by atoms with van der Waals surface area (Å²) in [5.74, 6) is 0.584. The molecule has 2 aliphatic carbocycles. The van der Waals surface area contributed by atoms with E-state index in [1.54, 1.807) is 4.90 Å². The highest BCUT2D eigenvalue weighted by atomic mass is 32.2. The summed E-state index contributed by atoms with van der Waals surface area (Å²) < 4.78 is 27.4. The SMILES string of the molecule is CC1CCC2C(C)(C)CCCC2(C)C1CS(=O)(=O)c1cc(O)cc(C(=O)N2CCNCC2)c1. The van der Waals surface area contributed by atoms with E-state index in [1.807, 2.05) is 0 Å². The number of nitrogens with zero attached hydrogens (tertiary/aromatic N) is 1. The molecule has 1 amide bonds. The molecule has 7 heteroatoms. The Morgan fingerprint density at radius 3 is 2.52 bits per heavy atom. The quantitative estimate of drug-likeness (QED) is 0.684. The summed E-state index contributed by atoms with van der Waals surface area (Å²) >= 11 is 0. The number of phenolic OH excluding ortho intramolecular Hbond substituents is 1. The van der Waals surface area contributed by atoms with E-state index in [0.29, 0.717) is 38.0 Å². The predicted octanol–water partition coefficient (Wildman–Crippen LogP) is 4.09. The standard InChI is InChI=1S/C26H40N2O4S/c1-18-6-7-23-25(2,3)8-5-9-26(23,4)22(18)17-33(31,32)21-15-19(14-20(29)16-21)24(30)28-12-10-27-11-13-28/h14-16,18,22-23,27,29H,5-13,17H2,1-4H3. The fourth-order valence-electron chi connectivity index (χ4n) is 7.24. The number of piperazine rings is 1. The Morgan fingerprint density at radius 2 is 1.82 bits per heavy atom. The van der Waals surface area contributed by atoms with Crippen LogP contribution in [0.1, 0.15) is 70.2 Å². The van der Waals surface area contributed by atoms with E-state index in [1.165, 1.54) is 24.6 Å². The maximum atomic E-state index is 13.7. The van der Waals surface area contributed by atoms with Crippen LogP contribution in [0.4, 0.5) is 0 Å². The van der Waals surface area contributed by atoms with Crippen molar-refractivity contribution in [3.05, 3.63) is 23.8 Å². The van der Waals surface area contributed by atoms with Gasteiger partial charge in [0, 0.05) is 31.7 Å². The Hall–Kier alpha value is -1.60. The first kappa shape index (κ1) is 24.5. The zero-order valence-electron chi connectivity index (χ0n) is 20.6. The zero-order valence-corrected chi connectivity index (χ0v) is 21.4. The number of amides is 1. The number of sulfone groups is 1. The number of nitrogens with one attached hydrogen (secondary N) is 1. The topological polar surface area (TPSA) is 86.7 Å². The molecule has 0 bridgehead atoms. The molecule has 4 rings (SSSR count). The first-order valence-electron chi connectivity index (χ1n) is 12.5. The lowest BCUT2D eigenvalue weighted by atomic mass is 9.47. The molecule has 1 aliphatic heterocycles. The van der Waals surface area contributed by atoms with Crippen molar-refractivity contribution in [2.75, 3.05) is 31.9 Å². The molecule has 6 nitrogen and oxygen atoms in total. The van der Waals surface area contributed by atoms with Crippen molar-refractivity contribution in [2.24, 2.45) is 28.6 Å². The summed E-state index contributed by atoms with van der Waals surface area (Å²) in [6.45, 7) is 11.8. The molecule has 1 aromatic carbocycles. The smallest absolute Gasteiger partial charge is 0.254 e. The van der Waals surface area contributed by atoms with Gasteiger partial charge in [0.15, 0.2) is 9.84 Å². The number of hydrogen-bond acceptors (Lipinski definition) is 5. The second-order valence-corrected chi connectivity index (χ2v) is 13.6. The van der Waals surface area contributed by atoms with Gasteiger partial charge in [-0.15, -0.1) is 0 Å². The van der Waals surface area contributed by atoms with Crippen LogP contribution in [0.3, 0.4) is 0 Å². The van der Waals surface area contributed by atoms with Crippen molar-refractivity contribution in [1.82, 2.24) is 10.2 Å². The van der Waals surface area contributed by atoms with Crippen molar-refractivity contribution < 1.29 is 18.3 Å². The third-order valence-electron chi connectivity index (χ3n) is 9.02. The lowest BCUT2D eigenvalue weighted by Gasteiger charge is -2.59. The summed E-state index contributed by atoms with van der Waals surface area (Å²) in [5, 5.41) is 13.5. The minimum atomic E-state index is -3.67. The highest BCUT2D eigenvalue weighted by molar-refractivity contribution is 7.91. The second kappa shape index (κ2) is 8.88. The Bertz CT molecular complexity index is 1000. The van der Waals surface area contributed by atoms with Gasteiger partial charge in [-0.1, -0.05) is 40.5 Å². The number of aromatic hydroxyl groups is 1. The highest BCUT2D eigenvalue weighted by Crippen LogP contribution is 2.61. The molecule has 33 heavy (non-hydrogen) atoms. The zero-order chi connectivity index (χ0) is 24.0. The molecule has 0 aromatic heterocycles. The molecular weight excluding hydrogens is 436 g/mol. The van der Waals surface area contributed by atoms with Crippen LogP contribution >= 0.6 is 0 Å². The molecule has 2 saturated carbocycles. The second-order valence-electron chi connectivity index (χ2n) is 11.6. The van der Waals surface area contributed by atoms with Crippen LogP contribution in [0, 0.1) is 28.6 Å². The summed E-state index contributed by atoms with van der Waals surface area (Å²) in [6.07, 6.45) is 5.62. The van der Waals surface area contributed by atoms with Crippen LogP contribution in [-0.4, -0.2) is 56.3 Å². The third kappa shape index (κ3) is 4.68. The Labute approximate surface area is 199 Å². The number of rotatable bonds is 4. The van der Waals surface area contributed by atoms with Crippen molar-refractivity contribution in [2.45, 2.75) is 64.7 Å². The largest absolute Gasteiger partial charge is 0.508 e. The van der Waals surface area contributed by atoms with E-state index < -0.39 is 9.84 Å². The number of fused-ring (bicyclic) bond motifs is 1. The van der Waals surface area contributed by atoms with Gasteiger partial charge in [-0.3, -0.25) is 4.79 Å².